The third kappa shape index (κ3) is 5.64. The van der Waals surface area contributed by atoms with Crippen LogP contribution in [0.4, 0.5) is 30.6 Å². The van der Waals surface area contributed by atoms with Crippen LogP contribution in [0.1, 0.15) is 5.56 Å². The molecule has 0 radical (unpaired) electrons. The zero-order chi connectivity index (χ0) is 21.6. The summed E-state index contributed by atoms with van der Waals surface area (Å²) in [6.07, 6.45) is -1.86. The molecule has 2 heterocycles. The molecule has 0 unspecified atom stereocenters. The Kier molecular flexibility index (Phi) is 6.47. The third-order valence-electron chi connectivity index (χ3n) is 3.79. The van der Waals surface area contributed by atoms with Crippen LogP contribution in [0.2, 0.25) is 0 Å². The van der Waals surface area contributed by atoms with E-state index < -0.39 is 26.7 Å². The van der Waals surface area contributed by atoms with Gasteiger partial charge in [0.05, 0.1) is 10.5 Å². The Hall–Kier alpha value is -3.25. The number of benzene rings is 1. The van der Waals surface area contributed by atoms with Crippen molar-refractivity contribution < 1.29 is 21.6 Å². The molecular weight excluding hydrogens is 421 g/mol. The Labute approximate surface area is 170 Å². The van der Waals surface area contributed by atoms with Crippen molar-refractivity contribution in [3.8, 4) is 0 Å². The molecule has 0 aliphatic heterocycles. The summed E-state index contributed by atoms with van der Waals surface area (Å²) in [5, 5.41) is 5.86. The minimum Gasteiger partial charge on any atom is -0.369 e. The zero-order valence-corrected chi connectivity index (χ0v) is 16.2. The number of aromatic nitrogens is 3. The second-order valence-electron chi connectivity index (χ2n) is 5.95. The Morgan fingerprint density at radius 1 is 0.867 bits per heavy atom. The quantitative estimate of drug-likeness (QED) is 0.464. The van der Waals surface area contributed by atoms with Gasteiger partial charge < -0.3 is 10.6 Å². The van der Waals surface area contributed by atoms with Crippen molar-refractivity contribution in [3.05, 3.63) is 66.6 Å². The third-order valence-corrected chi connectivity index (χ3v) is 5.31. The zero-order valence-electron chi connectivity index (χ0n) is 15.4. The number of nitrogens with one attached hydrogen (secondary N) is 3. The van der Waals surface area contributed by atoms with E-state index in [0.29, 0.717) is 17.5 Å². The maximum absolute atomic E-state index is 13.1. The molecule has 12 heteroatoms. The molecule has 0 amide bonds. The largest absolute Gasteiger partial charge is 0.417 e. The Morgan fingerprint density at radius 2 is 1.60 bits per heavy atom. The van der Waals surface area contributed by atoms with Gasteiger partial charge in [0.25, 0.3) is 0 Å². The second kappa shape index (κ2) is 9.05. The van der Waals surface area contributed by atoms with Crippen LogP contribution in [-0.4, -0.2) is 36.5 Å². The first-order chi connectivity index (χ1) is 14.3. The first kappa shape index (κ1) is 21.5. The van der Waals surface area contributed by atoms with Crippen LogP contribution in [0.3, 0.4) is 0 Å². The summed E-state index contributed by atoms with van der Waals surface area (Å²) in [5.41, 5.74) is -1.22. The normalized spacial score (nSPS) is 11.8. The van der Waals surface area contributed by atoms with Crippen molar-refractivity contribution >= 4 is 27.5 Å². The van der Waals surface area contributed by atoms with Crippen LogP contribution >= 0.6 is 0 Å². The number of alkyl halides is 3. The van der Waals surface area contributed by atoms with Crippen LogP contribution in [0.15, 0.2) is 66.0 Å². The molecule has 0 aliphatic carbocycles. The summed E-state index contributed by atoms with van der Waals surface area (Å²) < 4.78 is 65.9. The number of anilines is 3. The highest BCUT2D eigenvalue weighted by molar-refractivity contribution is 7.89. The predicted molar refractivity (Wildman–Crippen MR) is 105 cm³/mol. The lowest BCUT2D eigenvalue weighted by atomic mass is 10.2. The molecule has 0 atom stereocenters. The molecule has 0 fully saturated rings. The van der Waals surface area contributed by atoms with Crippen LogP contribution in [0.25, 0.3) is 0 Å². The van der Waals surface area contributed by atoms with E-state index in [0.717, 1.165) is 18.2 Å². The van der Waals surface area contributed by atoms with E-state index in [9.17, 15) is 21.6 Å². The number of rotatable bonds is 8. The molecule has 30 heavy (non-hydrogen) atoms. The van der Waals surface area contributed by atoms with E-state index in [1.807, 2.05) is 0 Å². The minimum atomic E-state index is -4.78. The highest BCUT2D eigenvalue weighted by atomic mass is 32.2. The van der Waals surface area contributed by atoms with Gasteiger partial charge in [0.15, 0.2) is 0 Å². The van der Waals surface area contributed by atoms with Gasteiger partial charge in [0.1, 0.15) is 23.8 Å². The average Bonchev–Trinajstić information content (AvgIpc) is 2.72. The summed E-state index contributed by atoms with van der Waals surface area (Å²) in [6, 6.07) is 10.9. The smallest absolute Gasteiger partial charge is 0.369 e. The maximum atomic E-state index is 13.1. The molecular formula is C18H17F3N6O2S. The molecule has 3 N–H and O–H groups in total. The van der Waals surface area contributed by atoms with E-state index >= 15 is 0 Å². The maximum Gasteiger partial charge on any atom is 0.417 e. The molecule has 8 nitrogen and oxygen atoms in total. The number of halogens is 3. The van der Waals surface area contributed by atoms with Gasteiger partial charge in [-0.25, -0.2) is 28.1 Å². The molecule has 0 saturated carbocycles. The van der Waals surface area contributed by atoms with Gasteiger partial charge in [0.2, 0.25) is 10.0 Å². The fourth-order valence-electron chi connectivity index (χ4n) is 2.48. The average molecular weight is 438 g/mol. The summed E-state index contributed by atoms with van der Waals surface area (Å²) in [6.45, 7) is -0.0605. The topological polar surface area (TPSA) is 109 Å². The lowest BCUT2D eigenvalue weighted by molar-refractivity contribution is -0.139. The van der Waals surface area contributed by atoms with E-state index in [1.54, 1.807) is 30.5 Å². The first-order valence-corrected chi connectivity index (χ1v) is 10.1. The van der Waals surface area contributed by atoms with E-state index in [-0.39, 0.29) is 13.1 Å². The second-order valence-corrected chi connectivity index (χ2v) is 7.68. The SMILES string of the molecule is O=S(=O)(NCCNc1cc(Nc2ccccn2)ncn1)c1ccccc1C(F)(F)F. The van der Waals surface area contributed by atoms with Crippen LogP contribution in [-0.2, 0) is 16.2 Å². The Bertz CT molecular complexity index is 1090. The van der Waals surface area contributed by atoms with Crippen molar-refractivity contribution in [2.45, 2.75) is 11.1 Å². The molecule has 3 aromatic rings. The van der Waals surface area contributed by atoms with Gasteiger partial charge in [-0.1, -0.05) is 18.2 Å². The van der Waals surface area contributed by atoms with Crippen LogP contribution < -0.4 is 15.4 Å². The predicted octanol–water partition coefficient (Wildman–Crippen LogP) is 3.02. The molecule has 1 aromatic carbocycles. The van der Waals surface area contributed by atoms with E-state index in [1.165, 1.54) is 12.4 Å². The highest BCUT2D eigenvalue weighted by Gasteiger charge is 2.36. The molecule has 2 aromatic heterocycles. The molecule has 0 spiro atoms. The van der Waals surface area contributed by atoms with Crippen molar-refractivity contribution in [1.29, 1.82) is 0 Å². The molecule has 0 bridgehead atoms. The fourth-order valence-corrected chi connectivity index (χ4v) is 3.74. The molecule has 0 aliphatic rings. The van der Waals surface area contributed by atoms with Crippen molar-refractivity contribution in [2.75, 3.05) is 23.7 Å². The first-order valence-electron chi connectivity index (χ1n) is 8.65. The van der Waals surface area contributed by atoms with Crippen molar-refractivity contribution in [2.24, 2.45) is 0 Å². The van der Waals surface area contributed by atoms with Crippen molar-refractivity contribution in [1.82, 2.24) is 19.7 Å². The fraction of sp³-hybridized carbons (Fsp3) is 0.167. The summed E-state index contributed by atoms with van der Waals surface area (Å²) in [7, 11) is -4.34. The monoisotopic (exact) mass is 438 g/mol. The minimum absolute atomic E-state index is 0.0907. The number of hydrogen-bond acceptors (Lipinski definition) is 7. The van der Waals surface area contributed by atoms with Crippen LogP contribution in [0, 0.1) is 0 Å². The molecule has 158 valence electrons. The van der Waals surface area contributed by atoms with Gasteiger partial charge >= 0.3 is 6.18 Å². The van der Waals surface area contributed by atoms with Gasteiger partial charge in [-0.2, -0.15) is 13.2 Å². The number of sulfonamides is 1. The lowest BCUT2D eigenvalue weighted by Crippen LogP contribution is -2.30. The summed E-state index contributed by atoms with van der Waals surface area (Å²) >= 11 is 0. The van der Waals surface area contributed by atoms with Gasteiger partial charge in [-0.05, 0) is 24.3 Å². The van der Waals surface area contributed by atoms with E-state index in [2.05, 4.69) is 30.3 Å². The highest BCUT2D eigenvalue weighted by Crippen LogP contribution is 2.33. The van der Waals surface area contributed by atoms with Crippen molar-refractivity contribution in [3.63, 3.8) is 0 Å². The van der Waals surface area contributed by atoms with Gasteiger partial charge in [0, 0.05) is 25.4 Å². The van der Waals surface area contributed by atoms with Gasteiger partial charge in [-0.15, -0.1) is 0 Å². The number of nitrogens with zero attached hydrogens (tertiary/aromatic N) is 3. The number of hydrogen-bond donors (Lipinski definition) is 3. The summed E-state index contributed by atoms with van der Waals surface area (Å²) in [5.74, 6) is 1.45. The molecule has 3 rings (SSSR count). The van der Waals surface area contributed by atoms with E-state index in [4.69, 9.17) is 0 Å². The standard InChI is InChI=1S/C18H17F3N6O2S/c19-18(20,21)13-5-1-2-6-14(13)30(28,29)26-10-9-23-16-11-17(25-12-24-16)27-15-7-3-4-8-22-15/h1-8,11-12,26H,9-10H2,(H2,22,23,24,25,27). The van der Waals surface area contributed by atoms with Gasteiger partial charge in [-0.3, -0.25) is 0 Å². The Balaban J connectivity index is 1.58. The molecule has 0 saturated heterocycles. The number of pyridine rings is 1. The van der Waals surface area contributed by atoms with Crippen LogP contribution in [0.5, 0.6) is 0 Å². The lowest BCUT2D eigenvalue weighted by Gasteiger charge is -2.14. The Morgan fingerprint density at radius 3 is 2.33 bits per heavy atom. The summed E-state index contributed by atoms with van der Waals surface area (Å²) in [4.78, 5) is 11.4.